The largest absolute Gasteiger partial charge is 0.314 e. The first-order chi connectivity index (χ1) is 7.62. The monoisotopic (exact) mass is 241 g/mol. The van der Waals surface area contributed by atoms with Crippen LogP contribution in [0.5, 0.6) is 0 Å². The Morgan fingerprint density at radius 1 is 1.50 bits per heavy atom. The van der Waals surface area contributed by atoms with Crippen LogP contribution in [0.4, 0.5) is 0 Å². The summed E-state index contributed by atoms with van der Waals surface area (Å²) in [4.78, 5) is 3.91. The third kappa shape index (κ3) is 2.09. The predicted molar refractivity (Wildman–Crippen MR) is 60.5 cm³/mol. The van der Waals surface area contributed by atoms with E-state index < -0.39 is 10.0 Å². The molecule has 1 aromatic rings. The van der Waals surface area contributed by atoms with Gasteiger partial charge >= 0.3 is 0 Å². The van der Waals surface area contributed by atoms with E-state index in [-0.39, 0.29) is 11.1 Å². The Morgan fingerprint density at radius 3 is 2.94 bits per heavy atom. The van der Waals surface area contributed by atoms with Gasteiger partial charge in [0.15, 0.2) is 5.03 Å². The van der Waals surface area contributed by atoms with Crippen LogP contribution in [0.3, 0.4) is 0 Å². The Labute approximate surface area is 95.5 Å². The maximum Gasteiger partial charge on any atom is 0.260 e. The fraction of sp³-hybridized carbons (Fsp3) is 0.500. The van der Waals surface area contributed by atoms with E-state index in [0.717, 1.165) is 0 Å². The summed E-state index contributed by atoms with van der Waals surface area (Å²) >= 11 is 0. The molecule has 0 spiro atoms. The molecule has 1 fully saturated rings. The second-order valence-corrected chi connectivity index (χ2v) is 5.67. The van der Waals surface area contributed by atoms with Gasteiger partial charge in [-0.2, -0.15) is 4.31 Å². The van der Waals surface area contributed by atoms with E-state index in [2.05, 4.69) is 10.3 Å². The molecule has 2 heterocycles. The van der Waals surface area contributed by atoms with Gasteiger partial charge < -0.3 is 5.32 Å². The van der Waals surface area contributed by atoms with Crippen molar-refractivity contribution >= 4 is 10.0 Å². The minimum absolute atomic E-state index is 0.0271. The zero-order chi connectivity index (χ0) is 11.6. The van der Waals surface area contributed by atoms with Crippen molar-refractivity contribution < 1.29 is 8.42 Å². The summed E-state index contributed by atoms with van der Waals surface area (Å²) in [7, 11) is -3.43. The van der Waals surface area contributed by atoms with Crippen LogP contribution in [-0.4, -0.2) is 43.4 Å². The number of hydrogen-bond acceptors (Lipinski definition) is 4. The molecule has 1 atom stereocenters. The van der Waals surface area contributed by atoms with Crippen LogP contribution >= 0.6 is 0 Å². The van der Waals surface area contributed by atoms with Crippen molar-refractivity contribution in [1.29, 1.82) is 0 Å². The normalized spacial score (nSPS) is 23.2. The first-order valence-electron chi connectivity index (χ1n) is 5.26. The molecule has 0 bridgehead atoms. The highest BCUT2D eigenvalue weighted by Gasteiger charge is 2.31. The smallest absolute Gasteiger partial charge is 0.260 e. The van der Waals surface area contributed by atoms with Crippen LogP contribution in [-0.2, 0) is 10.0 Å². The minimum Gasteiger partial charge on any atom is -0.314 e. The first-order valence-corrected chi connectivity index (χ1v) is 6.70. The second kappa shape index (κ2) is 4.48. The fourth-order valence-corrected chi connectivity index (χ4v) is 3.36. The van der Waals surface area contributed by atoms with Gasteiger partial charge in [-0.15, -0.1) is 0 Å². The highest BCUT2D eigenvalue weighted by Crippen LogP contribution is 2.16. The molecule has 1 aliphatic heterocycles. The lowest BCUT2D eigenvalue weighted by Gasteiger charge is -2.32. The third-order valence-corrected chi connectivity index (χ3v) is 4.58. The summed E-state index contributed by atoms with van der Waals surface area (Å²) in [5, 5.41) is 3.29. The standard InChI is InChI=1S/C10H15N3O2S/c1-9-8-11-6-7-13(9)16(14,15)10-4-2-3-5-12-10/h2-5,9,11H,6-8H2,1H3/t9-/m0/s1. The van der Waals surface area contributed by atoms with E-state index in [0.29, 0.717) is 19.6 Å². The Hall–Kier alpha value is -0.980. The van der Waals surface area contributed by atoms with E-state index in [9.17, 15) is 8.42 Å². The van der Waals surface area contributed by atoms with Crippen LogP contribution in [0.25, 0.3) is 0 Å². The predicted octanol–water partition coefficient (Wildman–Crippen LogP) is 0.0640. The second-order valence-electron chi connectivity index (χ2n) is 3.84. The molecule has 1 saturated heterocycles. The van der Waals surface area contributed by atoms with E-state index in [1.54, 1.807) is 12.1 Å². The van der Waals surface area contributed by atoms with Crippen molar-refractivity contribution in [3.63, 3.8) is 0 Å². The Kier molecular flexibility index (Phi) is 3.22. The zero-order valence-corrected chi connectivity index (χ0v) is 9.94. The number of nitrogens with one attached hydrogen (secondary N) is 1. The Morgan fingerprint density at radius 2 is 2.31 bits per heavy atom. The molecule has 5 nitrogen and oxygen atoms in total. The van der Waals surface area contributed by atoms with Crippen molar-refractivity contribution in [2.75, 3.05) is 19.6 Å². The van der Waals surface area contributed by atoms with Crippen LogP contribution in [0.2, 0.25) is 0 Å². The highest BCUT2D eigenvalue weighted by atomic mass is 32.2. The van der Waals surface area contributed by atoms with Gasteiger partial charge in [-0.3, -0.25) is 0 Å². The van der Waals surface area contributed by atoms with Crippen molar-refractivity contribution in [3.8, 4) is 0 Å². The lowest BCUT2D eigenvalue weighted by atomic mass is 10.3. The van der Waals surface area contributed by atoms with E-state index in [4.69, 9.17) is 0 Å². The molecule has 88 valence electrons. The number of rotatable bonds is 2. The molecule has 16 heavy (non-hydrogen) atoms. The van der Waals surface area contributed by atoms with E-state index in [1.807, 2.05) is 6.92 Å². The molecule has 0 amide bonds. The van der Waals surface area contributed by atoms with Gasteiger partial charge in [0.1, 0.15) is 0 Å². The van der Waals surface area contributed by atoms with Gasteiger partial charge in [0.2, 0.25) is 0 Å². The number of hydrogen-bond donors (Lipinski definition) is 1. The SMILES string of the molecule is C[C@H]1CNCCN1S(=O)(=O)c1ccccn1. The van der Waals surface area contributed by atoms with Crippen molar-refractivity contribution in [2.24, 2.45) is 0 Å². The first kappa shape index (κ1) is 11.5. The molecule has 1 N–H and O–H groups in total. The molecule has 2 rings (SSSR count). The number of sulfonamides is 1. The van der Waals surface area contributed by atoms with Crippen molar-refractivity contribution in [3.05, 3.63) is 24.4 Å². The summed E-state index contributed by atoms with van der Waals surface area (Å²) in [6, 6.07) is 4.90. The minimum atomic E-state index is -3.43. The molecule has 0 radical (unpaired) electrons. The molecule has 0 saturated carbocycles. The number of nitrogens with zero attached hydrogens (tertiary/aromatic N) is 2. The summed E-state index contributed by atoms with van der Waals surface area (Å²) in [6.45, 7) is 3.77. The average molecular weight is 241 g/mol. The third-order valence-electron chi connectivity index (χ3n) is 2.65. The maximum atomic E-state index is 12.2. The zero-order valence-electron chi connectivity index (χ0n) is 9.13. The average Bonchev–Trinajstić information content (AvgIpc) is 2.30. The summed E-state index contributed by atoms with van der Waals surface area (Å²) < 4.78 is 26.0. The lowest BCUT2D eigenvalue weighted by molar-refractivity contribution is 0.283. The molecule has 0 aliphatic carbocycles. The van der Waals surface area contributed by atoms with Gasteiger partial charge in [-0.25, -0.2) is 13.4 Å². The van der Waals surface area contributed by atoms with Crippen molar-refractivity contribution in [1.82, 2.24) is 14.6 Å². The highest BCUT2D eigenvalue weighted by molar-refractivity contribution is 7.89. The topological polar surface area (TPSA) is 62.3 Å². The number of piperazine rings is 1. The Bertz CT molecular complexity index is 446. The van der Waals surface area contributed by atoms with Gasteiger partial charge in [0, 0.05) is 31.9 Å². The van der Waals surface area contributed by atoms with Gasteiger partial charge in [-0.05, 0) is 19.1 Å². The van der Waals surface area contributed by atoms with E-state index >= 15 is 0 Å². The molecular weight excluding hydrogens is 226 g/mol. The molecular formula is C10H15N3O2S. The van der Waals surface area contributed by atoms with Gasteiger partial charge in [-0.1, -0.05) is 6.07 Å². The number of pyridine rings is 1. The maximum absolute atomic E-state index is 12.2. The fourth-order valence-electron chi connectivity index (χ4n) is 1.80. The van der Waals surface area contributed by atoms with Crippen LogP contribution < -0.4 is 5.32 Å². The van der Waals surface area contributed by atoms with Crippen molar-refractivity contribution in [2.45, 2.75) is 18.0 Å². The summed E-state index contributed by atoms with van der Waals surface area (Å²) in [5.74, 6) is 0. The summed E-state index contributed by atoms with van der Waals surface area (Å²) in [5.41, 5.74) is 0. The molecule has 0 unspecified atom stereocenters. The van der Waals surface area contributed by atoms with Gasteiger partial charge in [0.05, 0.1) is 0 Å². The van der Waals surface area contributed by atoms with E-state index in [1.165, 1.54) is 16.6 Å². The molecule has 1 aromatic heterocycles. The molecule has 1 aliphatic rings. The lowest BCUT2D eigenvalue weighted by Crippen LogP contribution is -2.52. The molecule has 6 heteroatoms. The number of aromatic nitrogens is 1. The Balaban J connectivity index is 2.32. The van der Waals surface area contributed by atoms with Gasteiger partial charge in [0.25, 0.3) is 10.0 Å². The van der Waals surface area contributed by atoms with Crippen LogP contribution in [0.15, 0.2) is 29.4 Å². The summed E-state index contributed by atoms with van der Waals surface area (Å²) in [6.07, 6.45) is 1.50. The quantitative estimate of drug-likeness (QED) is 0.795. The van der Waals surface area contributed by atoms with Crippen LogP contribution in [0, 0.1) is 0 Å². The molecule has 0 aromatic carbocycles. The van der Waals surface area contributed by atoms with Crippen LogP contribution in [0.1, 0.15) is 6.92 Å².